The van der Waals surface area contributed by atoms with E-state index >= 15 is 0 Å². The van der Waals surface area contributed by atoms with Gasteiger partial charge in [-0.05, 0) is 36.6 Å². The monoisotopic (exact) mass is 465 g/mol. The lowest BCUT2D eigenvalue weighted by Gasteiger charge is -2.23. The van der Waals surface area contributed by atoms with Crippen LogP contribution >= 0.6 is 0 Å². The zero-order chi connectivity index (χ0) is 23.9. The van der Waals surface area contributed by atoms with E-state index in [9.17, 15) is 14.0 Å². The minimum atomic E-state index is -2.48. The molecule has 1 aliphatic heterocycles. The normalized spacial score (nSPS) is 19.1. The van der Waals surface area contributed by atoms with Gasteiger partial charge in [0.2, 0.25) is 5.95 Å². The minimum Gasteiger partial charge on any atom is -0.384 e. The first kappa shape index (κ1) is 22.2. The number of hydrogen-bond acceptors (Lipinski definition) is 7. The van der Waals surface area contributed by atoms with Gasteiger partial charge in [-0.3, -0.25) is 4.68 Å². The highest BCUT2D eigenvalue weighted by Gasteiger charge is 2.36. The van der Waals surface area contributed by atoms with Gasteiger partial charge in [0.1, 0.15) is 12.6 Å². The molecule has 0 unspecified atom stereocenters. The topological polar surface area (TPSA) is 101 Å². The van der Waals surface area contributed by atoms with Crippen molar-refractivity contribution in [1.82, 2.24) is 19.7 Å². The summed E-state index contributed by atoms with van der Waals surface area (Å²) in [6.07, 6.45) is 2.72. The Morgan fingerprint density at radius 2 is 2.21 bits per heavy atom. The van der Waals surface area contributed by atoms with Crippen molar-refractivity contribution in [3.05, 3.63) is 47.4 Å². The van der Waals surface area contributed by atoms with Gasteiger partial charge in [-0.2, -0.15) is 10.4 Å². The molecule has 5 rings (SSSR count). The van der Waals surface area contributed by atoms with E-state index in [4.69, 9.17) is 4.74 Å². The highest BCUT2D eigenvalue weighted by Crippen LogP contribution is 2.43. The summed E-state index contributed by atoms with van der Waals surface area (Å²) in [5.41, 5.74) is 4.98. The van der Waals surface area contributed by atoms with E-state index in [2.05, 4.69) is 38.7 Å². The number of fused-ring (bicyclic) bond motifs is 1. The van der Waals surface area contributed by atoms with E-state index in [1.54, 1.807) is 25.6 Å². The van der Waals surface area contributed by atoms with Crippen LogP contribution in [0.2, 0.25) is 0 Å². The van der Waals surface area contributed by atoms with Gasteiger partial charge >= 0.3 is 0 Å². The van der Waals surface area contributed by atoms with E-state index in [-0.39, 0.29) is 11.3 Å². The quantitative estimate of drug-likeness (QED) is 0.508. The van der Waals surface area contributed by atoms with Crippen molar-refractivity contribution in [2.75, 3.05) is 30.9 Å². The third kappa shape index (κ3) is 4.19. The fourth-order valence-corrected chi connectivity index (χ4v) is 4.50. The molecule has 0 amide bonds. The van der Waals surface area contributed by atoms with Crippen LogP contribution in [0.1, 0.15) is 42.5 Å². The van der Waals surface area contributed by atoms with Gasteiger partial charge in [-0.25, -0.2) is 18.7 Å². The molecule has 3 heterocycles. The Labute approximate surface area is 196 Å². The highest BCUT2D eigenvalue weighted by molar-refractivity contribution is 5.76. The highest BCUT2D eigenvalue weighted by atomic mass is 19.3. The molecule has 0 saturated heterocycles. The van der Waals surface area contributed by atoms with Gasteiger partial charge in [0, 0.05) is 42.9 Å². The molecule has 1 fully saturated rings. The zero-order valence-electron chi connectivity index (χ0n) is 19.0. The Hall–Kier alpha value is -3.58. The van der Waals surface area contributed by atoms with Crippen molar-refractivity contribution in [3.8, 4) is 17.3 Å². The molecule has 2 N–H and O–H groups in total. The average molecular weight is 466 g/mol. The summed E-state index contributed by atoms with van der Waals surface area (Å²) in [6, 6.07) is 7.92. The number of nitrogens with zero attached hydrogens (tertiary/aromatic N) is 5. The number of anilines is 3. The molecule has 1 atom stereocenters. The number of hydrogen-bond donors (Lipinski definition) is 2. The lowest BCUT2D eigenvalue weighted by molar-refractivity contribution is 0.121. The van der Waals surface area contributed by atoms with Gasteiger partial charge in [0.05, 0.1) is 34.9 Å². The van der Waals surface area contributed by atoms with Gasteiger partial charge in [-0.15, -0.1) is 0 Å². The Kier molecular flexibility index (Phi) is 5.65. The second-order valence-corrected chi connectivity index (χ2v) is 9.11. The zero-order valence-corrected chi connectivity index (χ0v) is 19.0. The van der Waals surface area contributed by atoms with Crippen molar-refractivity contribution in [2.24, 2.45) is 0 Å². The molecular weight excluding hydrogens is 440 g/mol. The Balaban J connectivity index is 1.48. The number of methoxy groups -OCH3 is 1. The van der Waals surface area contributed by atoms with Gasteiger partial charge < -0.3 is 15.4 Å². The predicted molar refractivity (Wildman–Crippen MR) is 123 cm³/mol. The maximum atomic E-state index is 12.9. The summed E-state index contributed by atoms with van der Waals surface area (Å²) in [7, 11) is 1.67. The van der Waals surface area contributed by atoms with Crippen molar-refractivity contribution in [1.29, 1.82) is 5.26 Å². The molecular formula is C24H25F2N7O. The summed E-state index contributed by atoms with van der Waals surface area (Å²) < 4.78 is 32.4. The summed E-state index contributed by atoms with van der Waals surface area (Å²) >= 11 is 0. The fourth-order valence-electron chi connectivity index (χ4n) is 4.50. The molecule has 176 valence electrons. The van der Waals surface area contributed by atoms with E-state index in [1.165, 1.54) is 4.68 Å². The molecule has 2 aliphatic rings. The van der Waals surface area contributed by atoms with Gasteiger partial charge in [0.15, 0.2) is 0 Å². The number of ether oxygens (including phenoxy) is 1. The van der Waals surface area contributed by atoms with E-state index in [1.807, 2.05) is 12.1 Å². The van der Waals surface area contributed by atoms with Crippen LogP contribution in [-0.4, -0.2) is 46.4 Å². The third-order valence-corrected chi connectivity index (χ3v) is 6.30. The van der Waals surface area contributed by atoms with Crippen molar-refractivity contribution in [3.63, 3.8) is 0 Å². The summed E-state index contributed by atoms with van der Waals surface area (Å²) in [5, 5.41) is 20.6. The van der Waals surface area contributed by atoms with Crippen LogP contribution in [0.3, 0.4) is 0 Å². The minimum absolute atomic E-state index is 0.266. The number of aromatic nitrogens is 4. The Bertz CT molecular complexity index is 1260. The van der Waals surface area contributed by atoms with Crippen LogP contribution in [-0.2, 0) is 16.7 Å². The number of alkyl halides is 2. The molecule has 1 saturated carbocycles. The molecule has 0 radical (unpaired) electrons. The Morgan fingerprint density at radius 1 is 1.38 bits per heavy atom. The number of nitrogens with one attached hydrogen (secondary N) is 2. The Morgan fingerprint density at radius 3 is 2.91 bits per heavy atom. The SMILES string of the molecule is COC[C@@]1(C)CNc2c(C#N)cc(-c3ccnc(Nc4cn(CC(F)F)nc4C4CC4)n3)cc21. The predicted octanol–water partition coefficient (Wildman–Crippen LogP) is 4.43. The first-order chi connectivity index (χ1) is 16.4. The lowest BCUT2D eigenvalue weighted by atomic mass is 9.83. The van der Waals surface area contributed by atoms with Crippen LogP contribution in [0.5, 0.6) is 0 Å². The second-order valence-electron chi connectivity index (χ2n) is 9.11. The van der Waals surface area contributed by atoms with Gasteiger partial charge in [0.25, 0.3) is 6.43 Å². The maximum Gasteiger partial charge on any atom is 0.257 e. The molecule has 10 heteroatoms. The molecule has 34 heavy (non-hydrogen) atoms. The number of nitriles is 1. The number of rotatable bonds is 8. The van der Waals surface area contributed by atoms with Crippen LogP contribution in [0.4, 0.5) is 26.1 Å². The molecule has 3 aromatic rings. The van der Waals surface area contributed by atoms with Crippen molar-refractivity contribution >= 4 is 17.3 Å². The molecule has 1 aliphatic carbocycles. The largest absolute Gasteiger partial charge is 0.384 e. The summed E-state index contributed by atoms with van der Waals surface area (Å²) in [4.78, 5) is 8.98. The van der Waals surface area contributed by atoms with Crippen LogP contribution in [0.15, 0.2) is 30.6 Å². The van der Waals surface area contributed by atoms with E-state index < -0.39 is 13.0 Å². The van der Waals surface area contributed by atoms with Crippen LogP contribution < -0.4 is 10.6 Å². The van der Waals surface area contributed by atoms with Crippen LogP contribution in [0.25, 0.3) is 11.3 Å². The standard InChI is InChI=1S/C24H25F2N7O/c1-24(13-34-2)12-29-21-16(9-27)7-15(8-17(21)24)18-5-6-28-23(30-18)31-19-10-33(11-20(25)26)32-22(19)14-3-4-14/h5-8,10,14,20,29H,3-4,11-13H2,1-2H3,(H,28,30,31)/t24-/m1/s1. The third-order valence-electron chi connectivity index (χ3n) is 6.30. The fraction of sp³-hybridized carbons (Fsp3) is 0.417. The van der Waals surface area contributed by atoms with Gasteiger partial charge in [-0.1, -0.05) is 6.92 Å². The first-order valence-electron chi connectivity index (χ1n) is 11.2. The van der Waals surface area contributed by atoms with Crippen molar-refractivity contribution < 1.29 is 13.5 Å². The number of halogens is 2. The first-order valence-corrected chi connectivity index (χ1v) is 11.2. The van der Waals surface area contributed by atoms with E-state index in [0.717, 1.165) is 35.3 Å². The summed E-state index contributed by atoms with van der Waals surface area (Å²) in [5.74, 6) is 0.609. The van der Waals surface area contributed by atoms with Crippen LogP contribution in [0, 0.1) is 11.3 Å². The molecule has 1 aromatic carbocycles. The average Bonchev–Trinajstić information content (AvgIpc) is 3.51. The number of benzene rings is 1. The molecule has 0 spiro atoms. The molecule has 0 bridgehead atoms. The van der Waals surface area contributed by atoms with Crippen molar-refractivity contribution in [2.45, 2.75) is 44.1 Å². The van der Waals surface area contributed by atoms with E-state index in [0.29, 0.717) is 36.0 Å². The second kappa shape index (κ2) is 8.65. The lowest BCUT2D eigenvalue weighted by Crippen LogP contribution is -2.29. The molecule has 8 nitrogen and oxygen atoms in total. The molecule has 2 aromatic heterocycles. The maximum absolute atomic E-state index is 12.9. The smallest absolute Gasteiger partial charge is 0.257 e. The summed E-state index contributed by atoms with van der Waals surface area (Å²) in [6.45, 7) is 2.84.